The Morgan fingerprint density at radius 3 is 2.67 bits per heavy atom. The van der Waals surface area contributed by atoms with Crippen molar-refractivity contribution in [2.75, 3.05) is 31.9 Å². The van der Waals surface area contributed by atoms with Gasteiger partial charge in [0.05, 0.1) is 12.1 Å². The second-order valence-corrected chi connectivity index (χ2v) is 6.30. The molecule has 6 nitrogen and oxygen atoms in total. The first-order chi connectivity index (χ1) is 11.7. The van der Waals surface area contributed by atoms with E-state index in [-0.39, 0.29) is 5.91 Å². The summed E-state index contributed by atoms with van der Waals surface area (Å²) in [4.78, 5) is 25.4. The minimum Gasteiger partial charge on any atom is -0.383 e. The van der Waals surface area contributed by atoms with Gasteiger partial charge in [-0.15, -0.1) is 0 Å². The fourth-order valence-corrected chi connectivity index (χ4v) is 3.06. The Balaban J connectivity index is 1.59. The summed E-state index contributed by atoms with van der Waals surface area (Å²) >= 11 is 0. The number of carbonyl (C=O) groups is 1. The van der Waals surface area contributed by atoms with Gasteiger partial charge in [-0.1, -0.05) is 25.5 Å². The highest BCUT2D eigenvalue weighted by Crippen LogP contribution is 2.18. The summed E-state index contributed by atoms with van der Waals surface area (Å²) in [5.41, 5.74) is 6.93. The Morgan fingerprint density at radius 1 is 1.17 bits per heavy atom. The molecule has 1 aromatic heterocycles. The first-order valence-corrected chi connectivity index (χ1v) is 8.68. The molecule has 0 spiro atoms. The molecule has 0 unspecified atom stereocenters. The van der Waals surface area contributed by atoms with Crippen LogP contribution >= 0.6 is 0 Å². The van der Waals surface area contributed by atoms with Gasteiger partial charge >= 0.3 is 0 Å². The van der Waals surface area contributed by atoms with Gasteiger partial charge in [-0.25, -0.2) is 9.97 Å². The van der Waals surface area contributed by atoms with E-state index in [1.54, 1.807) is 0 Å². The highest BCUT2D eigenvalue weighted by Gasteiger charge is 2.21. The largest absolute Gasteiger partial charge is 0.383 e. The lowest BCUT2D eigenvalue weighted by molar-refractivity contribution is -0.133. The van der Waals surface area contributed by atoms with Crippen molar-refractivity contribution >= 4 is 22.6 Å². The van der Waals surface area contributed by atoms with E-state index in [0.717, 1.165) is 55.7 Å². The van der Waals surface area contributed by atoms with Crippen LogP contribution in [0.25, 0.3) is 10.9 Å². The van der Waals surface area contributed by atoms with Gasteiger partial charge in [0, 0.05) is 38.0 Å². The lowest BCUT2D eigenvalue weighted by atomic mass is 10.2. The van der Waals surface area contributed by atoms with Crippen LogP contribution in [-0.4, -0.2) is 51.9 Å². The van der Waals surface area contributed by atoms with E-state index in [0.29, 0.717) is 18.8 Å². The topological polar surface area (TPSA) is 75.4 Å². The van der Waals surface area contributed by atoms with Crippen molar-refractivity contribution in [3.8, 4) is 0 Å². The van der Waals surface area contributed by atoms with Crippen LogP contribution in [0.1, 0.15) is 32.0 Å². The Morgan fingerprint density at radius 2 is 1.92 bits per heavy atom. The summed E-state index contributed by atoms with van der Waals surface area (Å²) in [6, 6.07) is 7.80. The van der Waals surface area contributed by atoms with E-state index in [1.807, 2.05) is 29.2 Å². The van der Waals surface area contributed by atoms with Gasteiger partial charge in [0.1, 0.15) is 11.6 Å². The number of anilines is 1. The molecule has 128 valence electrons. The number of aromatic nitrogens is 2. The summed E-state index contributed by atoms with van der Waals surface area (Å²) in [6.45, 7) is 6.06. The zero-order chi connectivity index (χ0) is 16.9. The summed E-state index contributed by atoms with van der Waals surface area (Å²) in [5, 5.41) is 0.896. The zero-order valence-electron chi connectivity index (χ0n) is 14.2. The number of rotatable bonds is 5. The number of fused-ring (bicyclic) bond motifs is 1. The summed E-state index contributed by atoms with van der Waals surface area (Å²) in [7, 11) is 0. The van der Waals surface area contributed by atoms with Crippen molar-refractivity contribution in [3.63, 3.8) is 0 Å². The Hall–Kier alpha value is -2.21. The van der Waals surface area contributed by atoms with Crippen LogP contribution in [0.4, 0.5) is 5.82 Å². The number of nitrogens with zero attached hydrogens (tertiary/aromatic N) is 4. The standard InChI is InChI=1S/C18H25N5O/c1-2-3-8-17(24)23-11-9-22(10-12-23)13-16-20-15-7-5-4-6-14(15)18(19)21-16/h4-7H,2-3,8-13H2,1H3,(H2,19,20,21). The van der Waals surface area contributed by atoms with Crippen molar-refractivity contribution < 1.29 is 4.79 Å². The quantitative estimate of drug-likeness (QED) is 0.909. The number of unbranched alkanes of at least 4 members (excludes halogenated alkanes) is 1. The van der Waals surface area contributed by atoms with Crippen LogP contribution in [0.5, 0.6) is 0 Å². The van der Waals surface area contributed by atoms with Crippen molar-refractivity contribution in [2.24, 2.45) is 0 Å². The number of nitrogens with two attached hydrogens (primary N) is 1. The number of amides is 1. The second kappa shape index (κ2) is 7.57. The lowest BCUT2D eigenvalue weighted by Crippen LogP contribution is -2.48. The van der Waals surface area contributed by atoms with Gasteiger partial charge in [0.25, 0.3) is 0 Å². The number of hydrogen-bond donors (Lipinski definition) is 1. The Labute approximate surface area is 142 Å². The molecule has 1 fully saturated rings. The molecule has 0 saturated carbocycles. The third-order valence-corrected chi connectivity index (χ3v) is 4.51. The molecule has 2 heterocycles. The van der Waals surface area contributed by atoms with E-state index in [9.17, 15) is 4.79 Å². The molecule has 6 heteroatoms. The van der Waals surface area contributed by atoms with Crippen LogP contribution in [0.2, 0.25) is 0 Å². The van der Waals surface area contributed by atoms with Gasteiger partial charge in [-0.3, -0.25) is 9.69 Å². The third kappa shape index (κ3) is 3.82. The average molecular weight is 327 g/mol. The lowest BCUT2D eigenvalue weighted by Gasteiger charge is -2.34. The van der Waals surface area contributed by atoms with E-state index >= 15 is 0 Å². The molecule has 1 aliphatic heterocycles. The highest BCUT2D eigenvalue weighted by molar-refractivity contribution is 5.87. The van der Waals surface area contributed by atoms with Gasteiger partial charge in [0.15, 0.2) is 0 Å². The molecule has 0 bridgehead atoms. The average Bonchev–Trinajstić information content (AvgIpc) is 2.60. The number of carbonyl (C=O) groups excluding carboxylic acids is 1. The summed E-state index contributed by atoms with van der Waals surface area (Å²) in [6.07, 6.45) is 2.70. The Bertz CT molecular complexity index is 710. The van der Waals surface area contributed by atoms with Gasteiger partial charge < -0.3 is 10.6 Å². The highest BCUT2D eigenvalue weighted by atomic mass is 16.2. The van der Waals surface area contributed by atoms with Gasteiger partial charge in [0.2, 0.25) is 5.91 Å². The van der Waals surface area contributed by atoms with Crippen molar-refractivity contribution in [1.29, 1.82) is 0 Å². The molecule has 1 saturated heterocycles. The molecular weight excluding hydrogens is 302 g/mol. The molecule has 1 aromatic carbocycles. The van der Waals surface area contributed by atoms with Crippen LogP contribution in [0.3, 0.4) is 0 Å². The number of hydrogen-bond acceptors (Lipinski definition) is 5. The summed E-state index contributed by atoms with van der Waals surface area (Å²) in [5.74, 6) is 1.56. The predicted molar refractivity (Wildman–Crippen MR) is 95.3 cm³/mol. The van der Waals surface area contributed by atoms with Crippen LogP contribution in [0.15, 0.2) is 24.3 Å². The molecular formula is C18H25N5O. The Kier molecular flexibility index (Phi) is 5.25. The molecule has 0 aliphatic carbocycles. The van der Waals surface area contributed by atoms with Crippen molar-refractivity contribution in [1.82, 2.24) is 19.8 Å². The van der Waals surface area contributed by atoms with E-state index in [2.05, 4.69) is 21.8 Å². The SMILES string of the molecule is CCCCC(=O)N1CCN(Cc2nc(N)c3ccccc3n2)CC1. The fourth-order valence-electron chi connectivity index (χ4n) is 3.06. The van der Waals surface area contributed by atoms with Gasteiger partial charge in [-0.05, 0) is 18.6 Å². The van der Waals surface area contributed by atoms with Crippen molar-refractivity contribution in [2.45, 2.75) is 32.7 Å². The summed E-state index contributed by atoms with van der Waals surface area (Å²) < 4.78 is 0. The maximum absolute atomic E-state index is 12.1. The molecule has 1 amide bonds. The third-order valence-electron chi connectivity index (χ3n) is 4.51. The zero-order valence-corrected chi connectivity index (χ0v) is 14.2. The van der Waals surface area contributed by atoms with Crippen molar-refractivity contribution in [3.05, 3.63) is 30.1 Å². The second-order valence-electron chi connectivity index (χ2n) is 6.30. The van der Waals surface area contributed by atoms with E-state index in [1.165, 1.54) is 0 Å². The minimum atomic E-state index is 0.280. The number of para-hydroxylation sites is 1. The minimum absolute atomic E-state index is 0.280. The monoisotopic (exact) mass is 327 g/mol. The van der Waals surface area contributed by atoms with E-state index in [4.69, 9.17) is 5.73 Å². The molecule has 1 aliphatic rings. The smallest absolute Gasteiger partial charge is 0.222 e. The molecule has 3 rings (SSSR count). The molecule has 2 aromatic rings. The molecule has 0 radical (unpaired) electrons. The fraction of sp³-hybridized carbons (Fsp3) is 0.500. The first kappa shape index (κ1) is 16.6. The van der Waals surface area contributed by atoms with E-state index < -0.39 is 0 Å². The maximum atomic E-state index is 12.1. The number of nitrogen functional groups attached to an aromatic ring is 1. The van der Waals surface area contributed by atoms with Gasteiger partial charge in [-0.2, -0.15) is 0 Å². The van der Waals surface area contributed by atoms with Crippen LogP contribution in [0, 0.1) is 0 Å². The molecule has 2 N–H and O–H groups in total. The first-order valence-electron chi connectivity index (χ1n) is 8.68. The molecule has 0 atom stereocenters. The normalized spacial score (nSPS) is 15.8. The van der Waals surface area contributed by atoms with Crippen LogP contribution < -0.4 is 5.73 Å². The maximum Gasteiger partial charge on any atom is 0.222 e. The number of piperazine rings is 1. The number of benzene rings is 1. The predicted octanol–water partition coefficient (Wildman–Crippen LogP) is 2.05. The van der Waals surface area contributed by atoms with Crippen LogP contribution in [-0.2, 0) is 11.3 Å². The molecule has 24 heavy (non-hydrogen) atoms.